The molecular formula is C23H32N4O. The molecule has 2 N–H and O–H groups in total. The van der Waals surface area contributed by atoms with Crippen LogP contribution in [0, 0.1) is 0 Å². The summed E-state index contributed by atoms with van der Waals surface area (Å²) in [6, 6.07) is 19.3. The molecule has 2 aromatic rings. The van der Waals surface area contributed by atoms with E-state index in [0.29, 0.717) is 0 Å². The Morgan fingerprint density at radius 2 is 1.68 bits per heavy atom. The van der Waals surface area contributed by atoms with E-state index in [0.717, 1.165) is 45.4 Å². The summed E-state index contributed by atoms with van der Waals surface area (Å²) in [6.07, 6.45) is 0. The van der Waals surface area contributed by atoms with Crippen LogP contribution in [-0.2, 0) is 16.7 Å². The molecular weight excluding hydrogens is 348 g/mol. The Labute approximate surface area is 168 Å². The summed E-state index contributed by atoms with van der Waals surface area (Å²) >= 11 is 0. The smallest absolute Gasteiger partial charge is 0.191 e. The molecule has 1 heterocycles. The van der Waals surface area contributed by atoms with Crippen LogP contribution in [0.25, 0.3) is 0 Å². The SMILES string of the molecule is CN=C(NCc1ccc(N2CCOCC2)cc1)NCC(C)(C)c1ccccc1. The van der Waals surface area contributed by atoms with Crippen LogP contribution in [0.1, 0.15) is 25.0 Å². The van der Waals surface area contributed by atoms with Gasteiger partial charge in [-0.05, 0) is 23.3 Å². The molecule has 0 amide bonds. The summed E-state index contributed by atoms with van der Waals surface area (Å²) in [4.78, 5) is 6.73. The van der Waals surface area contributed by atoms with E-state index in [9.17, 15) is 0 Å². The van der Waals surface area contributed by atoms with Gasteiger partial charge in [0.05, 0.1) is 13.2 Å². The first-order valence-corrected chi connectivity index (χ1v) is 10.0. The number of hydrogen-bond donors (Lipinski definition) is 2. The van der Waals surface area contributed by atoms with E-state index in [2.05, 4.69) is 89.0 Å². The Morgan fingerprint density at radius 1 is 1.00 bits per heavy atom. The lowest BCUT2D eigenvalue weighted by Crippen LogP contribution is -2.43. The van der Waals surface area contributed by atoms with Crippen LogP contribution in [0.2, 0.25) is 0 Å². The fraction of sp³-hybridized carbons (Fsp3) is 0.435. The molecule has 1 aliphatic rings. The topological polar surface area (TPSA) is 48.9 Å². The van der Waals surface area contributed by atoms with Crippen LogP contribution >= 0.6 is 0 Å². The van der Waals surface area contributed by atoms with Gasteiger partial charge in [-0.25, -0.2) is 0 Å². The van der Waals surface area contributed by atoms with E-state index in [1.165, 1.54) is 16.8 Å². The summed E-state index contributed by atoms with van der Waals surface area (Å²) in [7, 11) is 1.81. The average molecular weight is 381 g/mol. The molecule has 1 aliphatic heterocycles. The van der Waals surface area contributed by atoms with Gasteiger partial charge >= 0.3 is 0 Å². The van der Waals surface area contributed by atoms with Gasteiger partial charge in [0.25, 0.3) is 0 Å². The lowest BCUT2D eigenvalue weighted by molar-refractivity contribution is 0.122. The molecule has 1 saturated heterocycles. The molecule has 0 aliphatic carbocycles. The summed E-state index contributed by atoms with van der Waals surface area (Å²) in [5, 5.41) is 6.87. The van der Waals surface area contributed by atoms with Crippen LogP contribution < -0.4 is 15.5 Å². The number of anilines is 1. The number of benzene rings is 2. The van der Waals surface area contributed by atoms with Gasteiger partial charge in [-0.15, -0.1) is 0 Å². The quantitative estimate of drug-likeness (QED) is 0.597. The second kappa shape index (κ2) is 9.60. The van der Waals surface area contributed by atoms with E-state index in [1.807, 2.05) is 7.05 Å². The van der Waals surface area contributed by atoms with Crippen molar-refractivity contribution >= 4 is 11.6 Å². The molecule has 0 unspecified atom stereocenters. The number of nitrogens with zero attached hydrogens (tertiary/aromatic N) is 2. The Bertz CT molecular complexity index is 750. The van der Waals surface area contributed by atoms with E-state index < -0.39 is 0 Å². The van der Waals surface area contributed by atoms with Gasteiger partial charge in [-0.3, -0.25) is 4.99 Å². The lowest BCUT2D eigenvalue weighted by atomic mass is 9.85. The van der Waals surface area contributed by atoms with Crippen molar-refractivity contribution in [1.82, 2.24) is 10.6 Å². The molecule has 0 radical (unpaired) electrons. The minimum atomic E-state index is 0.0265. The number of nitrogens with one attached hydrogen (secondary N) is 2. The predicted molar refractivity (Wildman–Crippen MR) is 117 cm³/mol. The van der Waals surface area contributed by atoms with Crippen molar-refractivity contribution in [3.05, 3.63) is 65.7 Å². The normalized spacial score (nSPS) is 15.4. The Hall–Kier alpha value is -2.53. The van der Waals surface area contributed by atoms with Crippen LogP contribution in [0.4, 0.5) is 5.69 Å². The molecule has 28 heavy (non-hydrogen) atoms. The second-order valence-corrected chi connectivity index (χ2v) is 7.80. The fourth-order valence-corrected chi connectivity index (χ4v) is 3.35. The number of hydrogen-bond acceptors (Lipinski definition) is 3. The van der Waals surface area contributed by atoms with Gasteiger partial charge in [-0.1, -0.05) is 56.3 Å². The summed E-state index contributed by atoms with van der Waals surface area (Å²) in [6.45, 7) is 9.59. The summed E-state index contributed by atoms with van der Waals surface area (Å²) < 4.78 is 5.43. The van der Waals surface area contributed by atoms with Crippen molar-refractivity contribution in [3.8, 4) is 0 Å². The molecule has 2 aromatic carbocycles. The van der Waals surface area contributed by atoms with Gasteiger partial charge in [-0.2, -0.15) is 0 Å². The molecule has 5 nitrogen and oxygen atoms in total. The average Bonchev–Trinajstić information content (AvgIpc) is 2.75. The Morgan fingerprint density at radius 3 is 2.32 bits per heavy atom. The molecule has 3 rings (SSSR count). The molecule has 0 atom stereocenters. The van der Waals surface area contributed by atoms with Crippen molar-refractivity contribution in [2.24, 2.45) is 4.99 Å². The van der Waals surface area contributed by atoms with E-state index in [-0.39, 0.29) is 5.41 Å². The molecule has 0 bridgehead atoms. The van der Waals surface area contributed by atoms with Gasteiger partial charge in [0.2, 0.25) is 0 Å². The van der Waals surface area contributed by atoms with Crippen LogP contribution in [0.3, 0.4) is 0 Å². The first-order valence-electron chi connectivity index (χ1n) is 10.0. The van der Waals surface area contributed by atoms with Crippen molar-refractivity contribution in [1.29, 1.82) is 0 Å². The summed E-state index contributed by atoms with van der Waals surface area (Å²) in [5.74, 6) is 0.821. The van der Waals surface area contributed by atoms with Gasteiger partial charge < -0.3 is 20.3 Å². The first-order chi connectivity index (χ1) is 13.6. The highest BCUT2D eigenvalue weighted by Gasteiger charge is 2.20. The highest BCUT2D eigenvalue weighted by Crippen LogP contribution is 2.21. The predicted octanol–water partition coefficient (Wildman–Crippen LogP) is 3.17. The summed E-state index contributed by atoms with van der Waals surface area (Å²) in [5.41, 5.74) is 3.84. The maximum atomic E-state index is 5.43. The third-order valence-corrected chi connectivity index (χ3v) is 5.25. The molecule has 1 fully saturated rings. The third kappa shape index (κ3) is 5.49. The van der Waals surface area contributed by atoms with Gasteiger partial charge in [0.15, 0.2) is 5.96 Å². The first kappa shape index (κ1) is 20.2. The minimum absolute atomic E-state index is 0.0265. The van der Waals surface area contributed by atoms with E-state index in [1.54, 1.807) is 0 Å². The number of morpholine rings is 1. The Kier molecular flexibility index (Phi) is 6.93. The van der Waals surface area contributed by atoms with Crippen molar-refractivity contribution < 1.29 is 4.74 Å². The van der Waals surface area contributed by atoms with Gasteiger partial charge in [0, 0.05) is 44.3 Å². The minimum Gasteiger partial charge on any atom is -0.378 e. The number of ether oxygens (including phenoxy) is 1. The zero-order chi connectivity index (χ0) is 19.8. The number of aliphatic imine (C=N–C) groups is 1. The van der Waals surface area contributed by atoms with Gasteiger partial charge in [0.1, 0.15) is 0 Å². The zero-order valence-electron chi connectivity index (χ0n) is 17.2. The van der Waals surface area contributed by atoms with Crippen molar-refractivity contribution in [2.75, 3.05) is 44.8 Å². The lowest BCUT2D eigenvalue weighted by Gasteiger charge is -2.29. The second-order valence-electron chi connectivity index (χ2n) is 7.80. The largest absolute Gasteiger partial charge is 0.378 e. The highest BCUT2D eigenvalue weighted by atomic mass is 16.5. The maximum Gasteiger partial charge on any atom is 0.191 e. The monoisotopic (exact) mass is 380 g/mol. The fourth-order valence-electron chi connectivity index (χ4n) is 3.35. The molecule has 5 heteroatoms. The van der Waals surface area contributed by atoms with E-state index >= 15 is 0 Å². The molecule has 0 aromatic heterocycles. The zero-order valence-corrected chi connectivity index (χ0v) is 17.2. The Balaban J connectivity index is 1.50. The third-order valence-electron chi connectivity index (χ3n) is 5.25. The molecule has 0 saturated carbocycles. The van der Waals surface area contributed by atoms with E-state index in [4.69, 9.17) is 4.74 Å². The number of guanidine groups is 1. The standard InChI is InChI=1S/C23H32N4O/c1-23(2,20-7-5-4-6-8-20)18-26-22(24-3)25-17-19-9-11-21(12-10-19)27-13-15-28-16-14-27/h4-12H,13-18H2,1-3H3,(H2,24,25,26). The maximum absolute atomic E-state index is 5.43. The number of rotatable bonds is 6. The van der Waals surface area contributed by atoms with Crippen LogP contribution in [0.5, 0.6) is 0 Å². The van der Waals surface area contributed by atoms with Crippen LogP contribution in [0.15, 0.2) is 59.6 Å². The molecule has 0 spiro atoms. The van der Waals surface area contributed by atoms with Crippen molar-refractivity contribution in [2.45, 2.75) is 25.8 Å². The van der Waals surface area contributed by atoms with Crippen LogP contribution in [-0.4, -0.2) is 45.9 Å². The van der Waals surface area contributed by atoms with Crippen molar-refractivity contribution in [3.63, 3.8) is 0 Å². The highest BCUT2D eigenvalue weighted by molar-refractivity contribution is 5.79. The molecule has 150 valence electrons.